The molecular weight excluding hydrogens is 162 g/mol. The molecule has 72 valence electrons. The SMILES string of the molecule is C=C[Si](C)(C)CCN(C)CCC. The van der Waals surface area contributed by atoms with E-state index in [0.29, 0.717) is 0 Å². The van der Waals surface area contributed by atoms with E-state index in [4.69, 9.17) is 0 Å². The van der Waals surface area contributed by atoms with Crippen LogP contribution in [0.2, 0.25) is 19.1 Å². The minimum absolute atomic E-state index is 1.05. The highest BCUT2D eigenvalue weighted by molar-refractivity contribution is 6.82. The first-order valence-corrected chi connectivity index (χ1v) is 8.12. The second-order valence-corrected chi connectivity index (χ2v) is 9.13. The van der Waals surface area contributed by atoms with Crippen molar-refractivity contribution < 1.29 is 0 Å². The van der Waals surface area contributed by atoms with Gasteiger partial charge in [-0.15, -0.1) is 12.3 Å². The molecule has 0 spiro atoms. The largest absolute Gasteiger partial charge is 0.307 e. The summed E-state index contributed by atoms with van der Waals surface area (Å²) in [7, 11) is 1.16. The van der Waals surface area contributed by atoms with Gasteiger partial charge in [-0.1, -0.05) is 20.0 Å². The second kappa shape index (κ2) is 5.54. The van der Waals surface area contributed by atoms with E-state index in [-0.39, 0.29) is 0 Å². The smallest absolute Gasteiger partial charge is 0.0722 e. The molecule has 0 rings (SSSR count). The zero-order chi connectivity index (χ0) is 9.61. The third kappa shape index (κ3) is 5.55. The van der Waals surface area contributed by atoms with Gasteiger partial charge < -0.3 is 4.90 Å². The van der Waals surface area contributed by atoms with Gasteiger partial charge in [-0.25, -0.2) is 0 Å². The summed E-state index contributed by atoms with van der Waals surface area (Å²) in [4.78, 5) is 2.41. The fourth-order valence-corrected chi connectivity index (χ4v) is 2.24. The summed E-state index contributed by atoms with van der Waals surface area (Å²) in [5.41, 5.74) is 2.19. The van der Waals surface area contributed by atoms with Crippen LogP contribution >= 0.6 is 0 Å². The van der Waals surface area contributed by atoms with E-state index < -0.39 is 8.07 Å². The Morgan fingerprint density at radius 3 is 2.33 bits per heavy atom. The quantitative estimate of drug-likeness (QED) is 0.575. The molecule has 0 fully saturated rings. The van der Waals surface area contributed by atoms with Crippen molar-refractivity contribution in [1.82, 2.24) is 4.90 Å². The van der Waals surface area contributed by atoms with E-state index in [1.54, 1.807) is 0 Å². The molecular formula is C10H23NSi. The van der Waals surface area contributed by atoms with E-state index >= 15 is 0 Å². The maximum absolute atomic E-state index is 3.90. The van der Waals surface area contributed by atoms with Crippen molar-refractivity contribution >= 4 is 8.07 Å². The predicted octanol–water partition coefficient (Wildman–Crippen LogP) is 2.76. The number of rotatable bonds is 6. The van der Waals surface area contributed by atoms with Crippen molar-refractivity contribution in [2.45, 2.75) is 32.5 Å². The van der Waals surface area contributed by atoms with E-state index in [2.05, 4.69) is 44.2 Å². The zero-order valence-corrected chi connectivity index (χ0v) is 10.1. The molecule has 2 heteroatoms. The van der Waals surface area contributed by atoms with Gasteiger partial charge in [0.2, 0.25) is 0 Å². The Balaban J connectivity index is 3.59. The lowest BCUT2D eigenvalue weighted by Crippen LogP contribution is -2.30. The fraction of sp³-hybridized carbons (Fsp3) is 0.800. The molecule has 0 aromatic rings. The lowest BCUT2D eigenvalue weighted by Gasteiger charge is -2.22. The summed E-state index contributed by atoms with van der Waals surface area (Å²) < 4.78 is 0. The van der Waals surface area contributed by atoms with Crippen LogP contribution in [-0.2, 0) is 0 Å². The first-order chi connectivity index (χ1) is 5.52. The zero-order valence-electron chi connectivity index (χ0n) is 9.06. The molecule has 0 saturated carbocycles. The summed E-state index contributed by atoms with van der Waals surface area (Å²) >= 11 is 0. The van der Waals surface area contributed by atoms with E-state index in [9.17, 15) is 0 Å². The molecule has 0 radical (unpaired) electrons. The summed E-state index contributed by atoms with van der Waals surface area (Å²) in [5, 5.41) is 0. The molecule has 0 heterocycles. The van der Waals surface area contributed by atoms with Crippen LogP contribution in [0.3, 0.4) is 0 Å². The van der Waals surface area contributed by atoms with Crippen LogP contribution in [0.25, 0.3) is 0 Å². The molecule has 0 aliphatic heterocycles. The van der Waals surface area contributed by atoms with Gasteiger partial charge in [-0.3, -0.25) is 0 Å². The Morgan fingerprint density at radius 1 is 1.33 bits per heavy atom. The van der Waals surface area contributed by atoms with E-state index in [0.717, 1.165) is 0 Å². The monoisotopic (exact) mass is 185 g/mol. The molecule has 0 N–H and O–H groups in total. The number of nitrogens with zero attached hydrogens (tertiary/aromatic N) is 1. The minimum Gasteiger partial charge on any atom is -0.307 e. The van der Waals surface area contributed by atoms with Crippen molar-refractivity contribution in [2.24, 2.45) is 0 Å². The average molecular weight is 185 g/mol. The van der Waals surface area contributed by atoms with Crippen LogP contribution in [0.4, 0.5) is 0 Å². The van der Waals surface area contributed by atoms with Gasteiger partial charge >= 0.3 is 0 Å². The predicted molar refractivity (Wildman–Crippen MR) is 60.3 cm³/mol. The van der Waals surface area contributed by atoms with Crippen molar-refractivity contribution in [2.75, 3.05) is 20.1 Å². The Kier molecular flexibility index (Phi) is 5.50. The Bertz CT molecular complexity index is 132. The van der Waals surface area contributed by atoms with E-state index in [1.807, 2.05) is 0 Å². The first-order valence-electron chi connectivity index (χ1n) is 4.84. The van der Waals surface area contributed by atoms with Crippen LogP contribution in [0.15, 0.2) is 12.3 Å². The molecule has 12 heavy (non-hydrogen) atoms. The van der Waals surface area contributed by atoms with Gasteiger partial charge in [-0.05, 0) is 32.6 Å². The second-order valence-electron chi connectivity index (χ2n) is 4.25. The minimum atomic E-state index is -1.05. The third-order valence-electron chi connectivity index (χ3n) is 2.30. The molecule has 1 nitrogen and oxygen atoms in total. The highest BCUT2D eigenvalue weighted by Crippen LogP contribution is 2.10. The molecule has 0 amide bonds. The highest BCUT2D eigenvalue weighted by atomic mass is 28.3. The Labute approximate surface area is 78.5 Å². The van der Waals surface area contributed by atoms with Crippen molar-refractivity contribution in [1.29, 1.82) is 0 Å². The normalized spacial score (nSPS) is 12.1. The summed E-state index contributed by atoms with van der Waals surface area (Å²) in [6.45, 7) is 13.3. The summed E-state index contributed by atoms with van der Waals surface area (Å²) in [6.07, 6.45) is 1.26. The molecule has 0 unspecified atom stereocenters. The lowest BCUT2D eigenvalue weighted by atomic mass is 10.4. The van der Waals surface area contributed by atoms with Crippen LogP contribution in [0.5, 0.6) is 0 Å². The third-order valence-corrected chi connectivity index (χ3v) is 4.91. The van der Waals surface area contributed by atoms with Gasteiger partial charge in [0.25, 0.3) is 0 Å². The lowest BCUT2D eigenvalue weighted by molar-refractivity contribution is 0.352. The van der Waals surface area contributed by atoms with Crippen LogP contribution in [0.1, 0.15) is 13.3 Å². The number of hydrogen-bond acceptors (Lipinski definition) is 1. The van der Waals surface area contributed by atoms with Crippen LogP contribution < -0.4 is 0 Å². The van der Waals surface area contributed by atoms with Crippen molar-refractivity contribution in [3.63, 3.8) is 0 Å². The Morgan fingerprint density at radius 2 is 1.92 bits per heavy atom. The maximum atomic E-state index is 3.90. The molecule has 0 aliphatic rings. The molecule has 0 bridgehead atoms. The van der Waals surface area contributed by atoms with Gasteiger partial charge in [0, 0.05) is 0 Å². The maximum Gasteiger partial charge on any atom is 0.0722 e. The van der Waals surface area contributed by atoms with E-state index in [1.165, 1.54) is 25.6 Å². The first kappa shape index (κ1) is 11.9. The number of hydrogen-bond donors (Lipinski definition) is 0. The summed E-state index contributed by atoms with van der Waals surface area (Å²) in [5.74, 6) is 0. The molecule has 0 saturated heterocycles. The summed E-state index contributed by atoms with van der Waals surface area (Å²) in [6, 6.07) is 1.34. The fourth-order valence-electron chi connectivity index (χ4n) is 1.07. The molecule has 0 aromatic carbocycles. The highest BCUT2D eigenvalue weighted by Gasteiger charge is 2.15. The van der Waals surface area contributed by atoms with Gasteiger partial charge in [-0.2, -0.15) is 0 Å². The van der Waals surface area contributed by atoms with Gasteiger partial charge in [0.1, 0.15) is 0 Å². The van der Waals surface area contributed by atoms with Crippen molar-refractivity contribution in [3.8, 4) is 0 Å². The van der Waals surface area contributed by atoms with Crippen molar-refractivity contribution in [3.05, 3.63) is 12.3 Å². The van der Waals surface area contributed by atoms with Gasteiger partial charge in [0.05, 0.1) is 8.07 Å². The standard InChI is InChI=1S/C10H23NSi/c1-6-8-11(3)9-10-12(4,5)7-2/h7H,2,6,8-10H2,1,3-5H3. The topological polar surface area (TPSA) is 3.24 Å². The van der Waals surface area contributed by atoms with Crippen LogP contribution in [0, 0.1) is 0 Å². The van der Waals surface area contributed by atoms with Crippen LogP contribution in [-0.4, -0.2) is 33.1 Å². The average Bonchev–Trinajstić information content (AvgIpc) is 2.02. The van der Waals surface area contributed by atoms with Gasteiger partial charge in [0.15, 0.2) is 0 Å². The Hall–Kier alpha value is -0.0831. The molecule has 0 aliphatic carbocycles. The molecule has 0 atom stereocenters. The molecule has 0 aromatic heterocycles.